The van der Waals surface area contributed by atoms with E-state index in [2.05, 4.69) is 0 Å². The maximum atomic E-state index is 13.6. The summed E-state index contributed by atoms with van der Waals surface area (Å²) in [5.41, 5.74) is 3.17. The van der Waals surface area contributed by atoms with Crippen molar-refractivity contribution in [3.63, 3.8) is 0 Å². The summed E-state index contributed by atoms with van der Waals surface area (Å²) in [6.45, 7) is 1.03. The number of hydrogen-bond acceptors (Lipinski definition) is 3. The maximum absolute atomic E-state index is 13.6. The van der Waals surface area contributed by atoms with Gasteiger partial charge in [0.1, 0.15) is 11.4 Å². The molecule has 1 aliphatic rings. The highest BCUT2D eigenvalue weighted by Gasteiger charge is 2.30. The van der Waals surface area contributed by atoms with Crippen LogP contribution in [0.5, 0.6) is 11.6 Å². The van der Waals surface area contributed by atoms with E-state index in [1.807, 2.05) is 60.5 Å². The second-order valence-electron chi connectivity index (χ2n) is 8.79. The van der Waals surface area contributed by atoms with Crippen LogP contribution in [0, 0.1) is 5.92 Å². The van der Waals surface area contributed by atoms with E-state index in [-0.39, 0.29) is 5.91 Å². The van der Waals surface area contributed by atoms with Gasteiger partial charge >= 0.3 is 0 Å². The molecule has 1 amide bonds. The lowest BCUT2D eigenvalue weighted by molar-refractivity contribution is 0.0734. The van der Waals surface area contributed by atoms with Crippen molar-refractivity contribution in [3.05, 3.63) is 100 Å². The van der Waals surface area contributed by atoms with E-state index in [0.29, 0.717) is 46.2 Å². The van der Waals surface area contributed by atoms with Crippen LogP contribution in [0.1, 0.15) is 28.8 Å². The van der Waals surface area contributed by atoms with E-state index in [0.717, 1.165) is 29.7 Å². The average Bonchev–Trinajstić information content (AvgIpc) is 3.64. The van der Waals surface area contributed by atoms with Crippen LogP contribution in [0.15, 0.2) is 78.9 Å². The third-order valence-electron chi connectivity index (χ3n) is 6.08. The molecule has 0 N–H and O–H groups in total. The van der Waals surface area contributed by atoms with Gasteiger partial charge in [-0.1, -0.05) is 65.7 Å². The molecule has 0 aliphatic heterocycles. The zero-order chi connectivity index (χ0) is 24.4. The molecular formula is C28H25Cl2N3O2. The fraction of sp³-hybridized carbons (Fsp3) is 0.214. The molecule has 0 radical (unpaired) electrons. The van der Waals surface area contributed by atoms with Crippen LogP contribution in [-0.2, 0) is 13.6 Å². The summed E-state index contributed by atoms with van der Waals surface area (Å²) in [7, 11) is 1.84. The van der Waals surface area contributed by atoms with Gasteiger partial charge < -0.3 is 9.64 Å². The molecule has 35 heavy (non-hydrogen) atoms. The molecule has 1 fully saturated rings. The van der Waals surface area contributed by atoms with E-state index in [9.17, 15) is 4.79 Å². The Morgan fingerprint density at radius 1 is 1.00 bits per heavy atom. The summed E-state index contributed by atoms with van der Waals surface area (Å²) in [5.74, 6) is 1.56. The number of ether oxygens (including phenoxy) is 1. The van der Waals surface area contributed by atoms with Crippen molar-refractivity contribution in [3.8, 4) is 22.9 Å². The van der Waals surface area contributed by atoms with E-state index in [1.165, 1.54) is 0 Å². The van der Waals surface area contributed by atoms with Crippen LogP contribution in [0.4, 0.5) is 0 Å². The molecule has 0 spiro atoms. The number of para-hydroxylation sites is 1. The van der Waals surface area contributed by atoms with Gasteiger partial charge in [-0.3, -0.25) is 4.79 Å². The highest BCUT2D eigenvalue weighted by molar-refractivity contribution is 6.32. The second-order valence-corrected chi connectivity index (χ2v) is 9.63. The van der Waals surface area contributed by atoms with Crippen molar-refractivity contribution in [2.24, 2.45) is 13.0 Å². The monoisotopic (exact) mass is 505 g/mol. The van der Waals surface area contributed by atoms with Crippen molar-refractivity contribution in [1.82, 2.24) is 14.7 Å². The molecule has 5 nitrogen and oxygen atoms in total. The molecule has 1 aliphatic carbocycles. The van der Waals surface area contributed by atoms with Gasteiger partial charge in [-0.2, -0.15) is 5.10 Å². The van der Waals surface area contributed by atoms with Crippen LogP contribution < -0.4 is 4.74 Å². The second kappa shape index (κ2) is 10.1. The van der Waals surface area contributed by atoms with Crippen LogP contribution in [-0.4, -0.2) is 27.1 Å². The molecule has 1 heterocycles. The van der Waals surface area contributed by atoms with Crippen LogP contribution in [0.2, 0.25) is 10.0 Å². The lowest BCUT2D eigenvalue weighted by Gasteiger charge is -2.24. The highest BCUT2D eigenvalue weighted by Crippen LogP contribution is 2.38. The Bertz CT molecular complexity index is 1330. The molecule has 0 unspecified atom stereocenters. The first-order valence-corrected chi connectivity index (χ1v) is 12.3. The lowest BCUT2D eigenvalue weighted by Crippen LogP contribution is -2.32. The molecule has 1 saturated carbocycles. The number of carbonyl (C=O) groups is 1. The summed E-state index contributed by atoms with van der Waals surface area (Å²) in [4.78, 5) is 15.5. The van der Waals surface area contributed by atoms with E-state index in [1.54, 1.807) is 35.0 Å². The Kier molecular flexibility index (Phi) is 6.80. The van der Waals surface area contributed by atoms with Crippen LogP contribution in [0.3, 0.4) is 0 Å². The molecule has 7 heteroatoms. The number of aryl methyl sites for hydroxylation is 1. The minimum atomic E-state index is -0.0416. The highest BCUT2D eigenvalue weighted by atomic mass is 35.5. The summed E-state index contributed by atoms with van der Waals surface area (Å²) < 4.78 is 8.02. The van der Waals surface area contributed by atoms with Gasteiger partial charge in [-0.05, 0) is 55.2 Å². The molecule has 1 aromatic heterocycles. The zero-order valence-corrected chi connectivity index (χ0v) is 20.8. The number of amides is 1. The van der Waals surface area contributed by atoms with Crippen LogP contribution in [0.25, 0.3) is 11.3 Å². The minimum Gasteiger partial charge on any atom is -0.437 e. The fourth-order valence-electron chi connectivity index (χ4n) is 4.08. The van der Waals surface area contributed by atoms with Crippen molar-refractivity contribution < 1.29 is 9.53 Å². The Hall–Kier alpha value is -3.28. The first-order chi connectivity index (χ1) is 17.0. The number of benzene rings is 3. The summed E-state index contributed by atoms with van der Waals surface area (Å²) in [5, 5.41) is 5.90. The van der Waals surface area contributed by atoms with E-state index < -0.39 is 0 Å². The number of aromatic nitrogens is 2. The summed E-state index contributed by atoms with van der Waals surface area (Å²) >= 11 is 12.5. The fourth-order valence-corrected chi connectivity index (χ4v) is 4.38. The molecule has 178 valence electrons. The van der Waals surface area contributed by atoms with Gasteiger partial charge in [-0.15, -0.1) is 0 Å². The van der Waals surface area contributed by atoms with Gasteiger partial charge in [-0.25, -0.2) is 4.68 Å². The van der Waals surface area contributed by atoms with Crippen LogP contribution >= 0.6 is 23.2 Å². The predicted molar refractivity (Wildman–Crippen MR) is 139 cm³/mol. The molecule has 0 atom stereocenters. The predicted octanol–water partition coefficient (Wildman–Crippen LogP) is 7.24. The first-order valence-electron chi connectivity index (χ1n) is 11.6. The first kappa shape index (κ1) is 23.5. The van der Waals surface area contributed by atoms with Gasteiger partial charge in [0.15, 0.2) is 0 Å². The summed E-state index contributed by atoms with van der Waals surface area (Å²) in [6.07, 6.45) is 2.26. The minimum absolute atomic E-state index is 0.0416. The molecule has 0 saturated heterocycles. The summed E-state index contributed by atoms with van der Waals surface area (Å²) in [6, 6.07) is 24.3. The van der Waals surface area contributed by atoms with Crippen molar-refractivity contribution in [1.29, 1.82) is 0 Å². The van der Waals surface area contributed by atoms with Crippen molar-refractivity contribution in [2.45, 2.75) is 19.4 Å². The number of rotatable bonds is 8. The average molecular weight is 506 g/mol. The quantitative estimate of drug-likeness (QED) is 0.253. The molecule has 5 rings (SSSR count). The van der Waals surface area contributed by atoms with Gasteiger partial charge in [0.05, 0.1) is 17.1 Å². The molecule has 3 aromatic carbocycles. The number of halogens is 2. The molecular weight excluding hydrogens is 481 g/mol. The van der Waals surface area contributed by atoms with E-state index in [4.69, 9.17) is 33.0 Å². The number of carbonyl (C=O) groups excluding carboxylic acids is 1. The Balaban J connectivity index is 1.56. The van der Waals surface area contributed by atoms with E-state index >= 15 is 0 Å². The third-order valence-corrected chi connectivity index (χ3v) is 6.65. The lowest BCUT2D eigenvalue weighted by atomic mass is 10.1. The molecule has 4 aromatic rings. The standard InChI is InChI=1S/C28H25Cl2N3O2/c1-32-28(35-25-10-6-5-9-24(25)30)23(26(31-32)20-7-3-2-4-8-20)18-33(17-19-11-12-19)27(34)21-13-15-22(29)16-14-21/h2-10,13-16,19H,11-12,17-18H2,1H3. The topological polar surface area (TPSA) is 47.4 Å². The number of hydrogen-bond donors (Lipinski definition) is 0. The van der Waals surface area contributed by atoms with Gasteiger partial charge in [0.25, 0.3) is 5.91 Å². The third kappa shape index (κ3) is 5.37. The Labute approximate surface area is 214 Å². The normalized spacial score (nSPS) is 13.0. The van der Waals surface area contributed by atoms with Gasteiger partial charge in [0, 0.05) is 29.7 Å². The Morgan fingerprint density at radius 3 is 2.37 bits per heavy atom. The smallest absolute Gasteiger partial charge is 0.254 e. The molecule has 0 bridgehead atoms. The van der Waals surface area contributed by atoms with Crippen molar-refractivity contribution >= 4 is 29.1 Å². The largest absolute Gasteiger partial charge is 0.437 e. The SMILES string of the molecule is Cn1nc(-c2ccccc2)c(CN(CC2CC2)C(=O)c2ccc(Cl)cc2)c1Oc1ccccc1Cl. The van der Waals surface area contributed by atoms with Crippen molar-refractivity contribution in [2.75, 3.05) is 6.54 Å². The zero-order valence-electron chi connectivity index (χ0n) is 19.3. The Morgan fingerprint density at radius 2 is 1.69 bits per heavy atom. The maximum Gasteiger partial charge on any atom is 0.254 e. The number of nitrogens with zero attached hydrogens (tertiary/aromatic N) is 3. The van der Waals surface area contributed by atoms with Gasteiger partial charge in [0.2, 0.25) is 5.88 Å².